The van der Waals surface area contributed by atoms with Crippen molar-refractivity contribution in [3.05, 3.63) is 35.6 Å². The van der Waals surface area contributed by atoms with Gasteiger partial charge in [-0.15, -0.1) is 0 Å². The molecule has 1 rings (SSSR count). The largest absolute Gasteiger partial charge is 0.308 e. The number of rotatable bonds is 2. The van der Waals surface area contributed by atoms with Gasteiger partial charge in [0.1, 0.15) is 5.82 Å². The molecular formula is C11H16FN. The zero-order valence-corrected chi connectivity index (χ0v) is 8.39. The Labute approximate surface area is 79.0 Å². The Morgan fingerprint density at radius 3 is 2.15 bits per heavy atom. The Bertz CT molecular complexity index is 258. The second-order valence-corrected chi connectivity index (χ2v) is 4.23. The lowest BCUT2D eigenvalue weighted by atomic mass is 10.1. The first kappa shape index (κ1) is 10.2. The zero-order valence-electron chi connectivity index (χ0n) is 8.39. The van der Waals surface area contributed by atoms with E-state index in [0.717, 1.165) is 12.1 Å². The molecule has 0 aromatic heterocycles. The summed E-state index contributed by atoms with van der Waals surface area (Å²) in [5.41, 5.74) is 1.21. The number of nitrogens with one attached hydrogen (secondary N) is 1. The summed E-state index contributed by atoms with van der Waals surface area (Å²) in [6, 6.07) is 6.57. The van der Waals surface area contributed by atoms with Gasteiger partial charge in [-0.2, -0.15) is 0 Å². The van der Waals surface area contributed by atoms with Crippen molar-refractivity contribution in [3.63, 3.8) is 0 Å². The van der Waals surface area contributed by atoms with Crippen LogP contribution >= 0.6 is 0 Å². The highest BCUT2D eigenvalue weighted by Gasteiger charge is 2.07. The fourth-order valence-electron chi connectivity index (χ4n) is 0.969. The molecule has 0 heterocycles. The molecule has 0 amide bonds. The summed E-state index contributed by atoms with van der Waals surface area (Å²) in [5.74, 6) is -0.181. The van der Waals surface area contributed by atoms with Crippen LogP contribution in [0, 0.1) is 5.82 Å². The number of halogens is 1. The SMILES string of the molecule is CC(C)(C)NCc1ccc([18F])cc1. The van der Waals surface area contributed by atoms with Gasteiger partial charge in [-0.25, -0.2) is 4.39 Å². The normalized spacial score (nSPS) is 11.7. The molecule has 0 radical (unpaired) electrons. The van der Waals surface area contributed by atoms with Gasteiger partial charge in [0.05, 0.1) is 0 Å². The Hall–Kier alpha value is -0.890. The van der Waals surface area contributed by atoms with E-state index < -0.39 is 0 Å². The smallest absolute Gasteiger partial charge is 0.123 e. The molecule has 0 fully saturated rings. The van der Waals surface area contributed by atoms with Gasteiger partial charge in [0, 0.05) is 12.1 Å². The molecule has 13 heavy (non-hydrogen) atoms. The van der Waals surface area contributed by atoms with Gasteiger partial charge in [0.2, 0.25) is 0 Å². The average molecular weight is 180 g/mol. The monoisotopic (exact) mass is 180 g/mol. The Morgan fingerprint density at radius 2 is 1.69 bits per heavy atom. The van der Waals surface area contributed by atoms with Crippen molar-refractivity contribution < 1.29 is 4.39 Å². The molecule has 0 saturated carbocycles. The van der Waals surface area contributed by atoms with Gasteiger partial charge in [0.25, 0.3) is 0 Å². The first-order valence-corrected chi connectivity index (χ1v) is 4.47. The second kappa shape index (κ2) is 3.88. The van der Waals surface area contributed by atoms with Crippen molar-refractivity contribution >= 4 is 0 Å². The first-order chi connectivity index (χ1) is 5.97. The molecule has 1 N–H and O–H groups in total. The van der Waals surface area contributed by atoms with Crippen LogP contribution in [0.2, 0.25) is 0 Å². The summed E-state index contributed by atoms with van der Waals surface area (Å²) in [4.78, 5) is 0. The van der Waals surface area contributed by atoms with Crippen LogP contribution in [0.3, 0.4) is 0 Å². The summed E-state index contributed by atoms with van der Waals surface area (Å²) < 4.78 is 12.5. The van der Waals surface area contributed by atoms with E-state index in [1.54, 1.807) is 12.1 Å². The van der Waals surface area contributed by atoms with E-state index >= 15 is 0 Å². The quantitative estimate of drug-likeness (QED) is 0.738. The van der Waals surface area contributed by atoms with Crippen molar-refractivity contribution in [2.24, 2.45) is 0 Å². The molecule has 72 valence electrons. The van der Waals surface area contributed by atoms with E-state index in [-0.39, 0.29) is 11.4 Å². The topological polar surface area (TPSA) is 12.0 Å². The van der Waals surface area contributed by atoms with Gasteiger partial charge >= 0.3 is 0 Å². The van der Waals surface area contributed by atoms with Crippen molar-refractivity contribution in [2.45, 2.75) is 32.9 Å². The molecule has 0 unspecified atom stereocenters. The fraction of sp³-hybridized carbons (Fsp3) is 0.455. The lowest BCUT2D eigenvalue weighted by Gasteiger charge is -2.20. The van der Waals surface area contributed by atoms with Crippen LogP contribution in [0.25, 0.3) is 0 Å². The summed E-state index contributed by atoms with van der Waals surface area (Å²) in [6.07, 6.45) is 0. The van der Waals surface area contributed by atoms with Crippen molar-refractivity contribution in [3.8, 4) is 0 Å². The van der Waals surface area contributed by atoms with Crippen LogP contribution in [-0.2, 0) is 6.54 Å². The number of benzene rings is 1. The molecule has 1 aromatic rings. The van der Waals surface area contributed by atoms with E-state index in [0.29, 0.717) is 0 Å². The Balaban J connectivity index is 2.51. The van der Waals surface area contributed by atoms with Crippen LogP contribution in [0.1, 0.15) is 26.3 Å². The van der Waals surface area contributed by atoms with Crippen LogP contribution in [-0.4, -0.2) is 5.54 Å². The third kappa shape index (κ3) is 4.04. The van der Waals surface area contributed by atoms with Crippen LogP contribution in [0.5, 0.6) is 0 Å². The van der Waals surface area contributed by atoms with E-state index in [9.17, 15) is 4.39 Å². The van der Waals surface area contributed by atoms with Crippen molar-refractivity contribution in [1.82, 2.24) is 5.32 Å². The third-order valence-corrected chi connectivity index (χ3v) is 1.74. The van der Waals surface area contributed by atoms with Gasteiger partial charge in [-0.05, 0) is 38.5 Å². The van der Waals surface area contributed by atoms with Crippen molar-refractivity contribution in [1.29, 1.82) is 0 Å². The molecule has 0 atom stereocenters. The van der Waals surface area contributed by atoms with E-state index in [2.05, 4.69) is 26.1 Å². The molecule has 1 aromatic carbocycles. The molecule has 0 aliphatic carbocycles. The first-order valence-electron chi connectivity index (χ1n) is 4.47. The minimum absolute atomic E-state index is 0.106. The van der Waals surface area contributed by atoms with Gasteiger partial charge in [-0.3, -0.25) is 0 Å². The van der Waals surface area contributed by atoms with Crippen LogP contribution in [0.4, 0.5) is 4.39 Å². The minimum atomic E-state index is -0.181. The number of hydrogen-bond acceptors (Lipinski definition) is 1. The molecule has 0 bridgehead atoms. The van der Waals surface area contributed by atoms with Gasteiger partial charge in [-0.1, -0.05) is 12.1 Å². The van der Waals surface area contributed by atoms with Crippen LogP contribution in [0.15, 0.2) is 24.3 Å². The maximum absolute atomic E-state index is 12.5. The van der Waals surface area contributed by atoms with E-state index in [1.807, 2.05) is 0 Å². The van der Waals surface area contributed by atoms with Gasteiger partial charge < -0.3 is 5.32 Å². The molecule has 0 aliphatic rings. The summed E-state index contributed by atoms with van der Waals surface area (Å²) >= 11 is 0. The lowest BCUT2D eigenvalue weighted by Crippen LogP contribution is -2.35. The summed E-state index contributed by atoms with van der Waals surface area (Å²) in [6.45, 7) is 7.10. The molecule has 0 spiro atoms. The molecule has 0 saturated heterocycles. The van der Waals surface area contributed by atoms with E-state index in [4.69, 9.17) is 0 Å². The highest BCUT2D eigenvalue weighted by molar-refractivity contribution is 5.15. The molecule has 2 heteroatoms. The third-order valence-electron chi connectivity index (χ3n) is 1.74. The Morgan fingerprint density at radius 1 is 1.15 bits per heavy atom. The molecule has 1 nitrogen and oxygen atoms in total. The summed E-state index contributed by atoms with van der Waals surface area (Å²) in [5, 5.41) is 3.34. The zero-order chi connectivity index (χ0) is 9.90. The average Bonchev–Trinajstić information content (AvgIpc) is 2.02. The predicted octanol–water partition coefficient (Wildman–Crippen LogP) is 2.71. The fourth-order valence-corrected chi connectivity index (χ4v) is 0.969. The standard InChI is InChI=1S/C11H16FN/c1-11(2,3)13-8-9-4-6-10(12)7-5-9/h4-7,13H,8H2,1-3H3/i12-1. The highest BCUT2D eigenvalue weighted by atomic mass is 18.2. The maximum Gasteiger partial charge on any atom is 0.123 e. The second-order valence-electron chi connectivity index (χ2n) is 4.23. The maximum atomic E-state index is 12.5. The predicted molar refractivity (Wildman–Crippen MR) is 53.0 cm³/mol. The minimum Gasteiger partial charge on any atom is -0.308 e. The number of hydrogen-bond donors (Lipinski definition) is 1. The van der Waals surface area contributed by atoms with Crippen LogP contribution < -0.4 is 5.32 Å². The lowest BCUT2D eigenvalue weighted by molar-refractivity contribution is 0.424. The summed E-state index contributed by atoms with van der Waals surface area (Å²) in [7, 11) is 0. The molecular weight excluding hydrogens is 164 g/mol. The van der Waals surface area contributed by atoms with E-state index in [1.165, 1.54) is 12.1 Å². The van der Waals surface area contributed by atoms with Crippen molar-refractivity contribution in [2.75, 3.05) is 0 Å². The highest BCUT2D eigenvalue weighted by Crippen LogP contribution is 2.05. The van der Waals surface area contributed by atoms with Gasteiger partial charge in [0.15, 0.2) is 0 Å². The Kier molecular flexibility index (Phi) is 3.04. The molecule has 0 aliphatic heterocycles.